The summed E-state index contributed by atoms with van der Waals surface area (Å²) in [5.74, 6) is -0.146. The fourth-order valence-corrected chi connectivity index (χ4v) is 1.90. The van der Waals surface area contributed by atoms with Crippen molar-refractivity contribution in [2.75, 3.05) is 13.1 Å². The van der Waals surface area contributed by atoms with Crippen LogP contribution in [-0.4, -0.2) is 36.2 Å². The molecule has 132 valence electrons. The lowest BCUT2D eigenvalue weighted by Gasteiger charge is -2.21. The normalized spacial score (nSPS) is 12.9. The monoisotopic (exact) mass is 341 g/mol. The molecule has 1 amide bonds. The molecule has 0 aliphatic carbocycles. The molecule has 0 fully saturated rings. The Bertz CT molecular complexity index is 582. The first-order valence-corrected chi connectivity index (χ1v) is 7.67. The molecule has 6 heteroatoms. The molecule has 1 aromatic carbocycles. The minimum Gasteiger partial charge on any atom is -0.490 e. The largest absolute Gasteiger partial charge is 0.490 e. The van der Waals surface area contributed by atoms with Gasteiger partial charge in [-0.05, 0) is 25.5 Å². The quantitative estimate of drug-likeness (QED) is 0.516. The standard InChI is InChI=1S/C18H22F3NO2/c1-4-12-22(13-18(19,20)21)17(23)11-10-15-8-6-7-9-16(15)24-14(3)5-2/h4,6-11,14H,1,5,12-13H2,2-3H3. The van der Waals surface area contributed by atoms with Gasteiger partial charge in [-0.15, -0.1) is 6.58 Å². The van der Waals surface area contributed by atoms with Crippen molar-refractivity contribution in [3.05, 3.63) is 48.6 Å². The molecule has 0 heterocycles. The SMILES string of the molecule is C=CCN(CC(F)(F)F)C(=O)C=Cc1ccccc1OC(C)CC. The van der Waals surface area contributed by atoms with Crippen LogP contribution in [0.5, 0.6) is 5.75 Å². The van der Waals surface area contributed by atoms with E-state index in [1.165, 1.54) is 12.2 Å². The lowest BCUT2D eigenvalue weighted by atomic mass is 10.1. The zero-order chi connectivity index (χ0) is 18.2. The highest BCUT2D eigenvalue weighted by Crippen LogP contribution is 2.22. The van der Waals surface area contributed by atoms with Crippen molar-refractivity contribution < 1.29 is 22.7 Å². The first kappa shape index (κ1) is 19.8. The molecule has 1 atom stereocenters. The van der Waals surface area contributed by atoms with E-state index in [4.69, 9.17) is 4.74 Å². The summed E-state index contributed by atoms with van der Waals surface area (Å²) in [6.07, 6.45) is 0.204. The van der Waals surface area contributed by atoms with Crippen LogP contribution < -0.4 is 4.74 Å². The van der Waals surface area contributed by atoms with Crippen molar-refractivity contribution in [3.8, 4) is 5.75 Å². The number of nitrogens with zero attached hydrogens (tertiary/aromatic N) is 1. The number of amides is 1. The lowest BCUT2D eigenvalue weighted by Crippen LogP contribution is -2.38. The van der Waals surface area contributed by atoms with Crippen LogP contribution in [0.15, 0.2) is 43.0 Å². The Balaban J connectivity index is 2.90. The summed E-state index contributed by atoms with van der Waals surface area (Å²) in [6, 6.07) is 7.06. The van der Waals surface area contributed by atoms with Crippen LogP contribution in [0.3, 0.4) is 0 Å². The minimum atomic E-state index is -4.45. The minimum absolute atomic E-state index is 0.00209. The third-order valence-electron chi connectivity index (χ3n) is 3.26. The van der Waals surface area contributed by atoms with Gasteiger partial charge in [-0.3, -0.25) is 4.79 Å². The van der Waals surface area contributed by atoms with E-state index in [0.29, 0.717) is 16.2 Å². The second-order valence-electron chi connectivity index (χ2n) is 5.33. The van der Waals surface area contributed by atoms with Crippen molar-refractivity contribution >= 4 is 12.0 Å². The van der Waals surface area contributed by atoms with E-state index in [0.717, 1.165) is 12.5 Å². The van der Waals surface area contributed by atoms with Crippen molar-refractivity contribution in [2.45, 2.75) is 32.5 Å². The highest BCUT2D eigenvalue weighted by Gasteiger charge is 2.31. The van der Waals surface area contributed by atoms with Gasteiger partial charge in [0.2, 0.25) is 5.91 Å². The van der Waals surface area contributed by atoms with Gasteiger partial charge in [0.05, 0.1) is 6.10 Å². The number of halogens is 3. The summed E-state index contributed by atoms with van der Waals surface area (Å²) in [4.78, 5) is 12.7. The Morgan fingerprint density at radius 3 is 2.62 bits per heavy atom. The van der Waals surface area contributed by atoms with E-state index in [9.17, 15) is 18.0 Å². The van der Waals surface area contributed by atoms with Crippen molar-refractivity contribution in [2.24, 2.45) is 0 Å². The predicted molar refractivity (Wildman–Crippen MR) is 88.7 cm³/mol. The van der Waals surface area contributed by atoms with Crippen LogP contribution in [0.25, 0.3) is 6.08 Å². The second-order valence-corrected chi connectivity index (χ2v) is 5.33. The van der Waals surface area contributed by atoms with Gasteiger partial charge in [0.15, 0.2) is 0 Å². The van der Waals surface area contributed by atoms with Crippen LogP contribution in [0.1, 0.15) is 25.8 Å². The van der Waals surface area contributed by atoms with E-state index in [1.807, 2.05) is 13.8 Å². The van der Waals surface area contributed by atoms with Gasteiger partial charge in [0.1, 0.15) is 12.3 Å². The van der Waals surface area contributed by atoms with E-state index in [2.05, 4.69) is 6.58 Å². The molecule has 0 bridgehead atoms. The summed E-state index contributed by atoms with van der Waals surface area (Å²) in [5.41, 5.74) is 0.636. The number of hydrogen-bond donors (Lipinski definition) is 0. The molecule has 0 saturated heterocycles. The second kappa shape index (κ2) is 9.15. The van der Waals surface area contributed by atoms with Crippen LogP contribution in [0.4, 0.5) is 13.2 Å². The molecular formula is C18H22F3NO2. The molecule has 0 spiro atoms. The van der Waals surface area contributed by atoms with Gasteiger partial charge in [0, 0.05) is 18.2 Å². The summed E-state index contributed by atoms with van der Waals surface area (Å²) < 4.78 is 43.3. The van der Waals surface area contributed by atoms with Gasteiger partial charge < -0.3 is 9.64 Å². The van der Waals surface area contributed by atoms with E-state index < -0.39 is 18.6 Å². The third kappa shape index (κ3) is 6.89. The van der Waals surface area contributed by atoms with Gasteiger partial charge in [-0.1, -0.05) is 31.2 Å². The molecule has 0 N–H and O–H groups in total. The lowest BCUT2D eigenvalue weighted by molar-refractivity contribution is -0.157. The van der Waals surface area contributed by atoms with Gasteiger partial charge in [-0.2, -0.15) is 13.2 Å². The molecule has 1 rings (SSSR count). The Morgan fingerprint density at radius 1 is 1.38 bits per heavy atom. The van der Waals surface area contributed by atoms with Crippen molar-refractivity contribution in [1.29, 1.82) is 0 Å². The molecule has 0 aliphatic rings. The zero-order valence-electron chi connectivity index (χ0n) is 13.8. The average Bonchev–Trinajstić information content (AvgIpc) is 2.52. The fraction of sp³-hybridized carbons (Fsp3) is 0.389. The molecule has 1 aromatic rings. The molecular weight excluding hydrogens is 319 g/mol. The third-order valence-corrected chi connectivity index (χ3v) is 3.26. The maximum Gasteiger partial charge on any atom is 0.406 e. The summed E-state index contributed by atoms with van der Waals surface area (Å²) in [7, 11) is 0. The van der Waals surface area contributed by atoms with Crippen molar-refractivity contribution in [3.63, 3.8) is 0 Å². The van der Waals surface area contributed by atoms with E-state index >= 15 is 0 Å². The molecule has 3 nitrogen and oxygen atoms in total. The number of alkyl halides is 3. The number of rotatable bonds is 8. The van der Waals surface area contributed by atoms with Crippen LogP contribution in [0, 0.1) is 0 Å². The summed E-state index contributed by atoms with van der Waals surface area (Å²) >= 11 is 0. The average molecular weight is 341 g/mol. The van der Waals surface area contributed by atoms with E-state index in [1.54, 1.807) is 24.3 Å². The highest BCUT2D eigenvalue weighted by atomic mass is 19.4. The Labute approximate surface area is 140 Å². The van der Waals surface area contributed by atoms with Gasteiger partial charge in [-0.25, -0.2) is 0 Å². The smallest absolute Gasteiger partial charge is 0.406 e. The highest BCUT2D eigenvalue weighted by molar-refractivity contribution is 5.92. The van der Waals surface area contributed by atoms with Crippen LogP contribution in [0.2, 0.25) is 0 Å². The predicted octanol–water partition coefficient (Wildman–Crippen LogP) is 4.45. The van der Waals surface area contributed by atoms with Crippen LogP contribution >= 0.6 is 0 Å². The fourth-order valence-electron chi connectivity index (χ4n) is 1.90. The first-order valence-electron chi connectivity index (χ1n) is 7.67. The Morgan fingerprint density at radius 2 is 2.04 bits per heavy atom. The first-order chi connectivity index (χ1) is 11.3. The topological polar surface area (TPSA) is 29.5 Å². The molecule has 24 heavy (non-hydrogen) atoms. The maximum absolute atomic E-state index is 12.5. The number of hydrogen-bond acceptors (Lipinski definition) is 2. The summed E-state index contributed by atoms with van der Waals surface area (Å²) in [5, 5.41) is 0. The Kier molecular flexibility index (Phi) is 7.55. The number of carbonyl (C=O) groups is 1. The van der Waals surface area contributed by atoms with Crippen LogP contribution in [-0.2, 0) is 4.79 Å². The molecule has 0 aromatic heterocycles. The van der Waals surface area contributed by atoms with Crippen molar-refractivity contribution in [1.82, 2.24) is 4.90 Å². The zero-order valence-corrected chi connectivity index (χ0v) is 13.8. The molecule has 0 aliphatic heterocycles. The van der Waals surface area contributed by atoms with E-state index in [-0.39, 0.29) is 12.6 Å². The number of para-hydroxylation sites is 1. The molecule has 0 saturated carbocycles. The molecule has 0 radical (unpaired) electrons. The van der Waals surface area contributed by atoms with Gasteiger partial charge in [0.25, 0.3) is 0 Å². The number of benzene rings is 1. The molecule has 1 unspecified atom stereocenters. The Hall–Kier alpha value is -2.24. The van der Waals surface area contributed by atoms with Gasteiger partial charge >= 0.3 is 6.18 Å². The number of carbonyl (C=O) groups excluding carboxylic acids is 1. The maximum atomic E-state index is 12.5. The number of ether oxygens (including phenoxy) is 1. The summed E-state index contributed by atoms with van der Waals surface area (Å²) in [6.45, 7) is 5.80.